The molecule has 4 aromatic rings. The van der Waals surface area contributed by atoms with Crippen LogP contribution in [0.25, 0.3) is 10.8 Å². The Labute approximate surface area is 191 Å². The molecule has 0 aliphatic carbocycles. The van der Waals surface area contributed by atoms with Gasteiger partial charge < -0.3 is 14.6 Å². The number of hydrogen-bond acceptors (Lipinski definition) is 5. The normalized spacial score (nSPS) is 11.2. The minimum atomic E-state index is -3.74. The van der Waals surface area contributed by atoms with Crippen LogP contribution in [0, 0.1) is 0 Å². The predicted molar refractivity (Wildman–Crippen MR) is 126 cm³/mol. The van der Waals surface area contributed by atoms with Gasteiger partial charge in [-0.15, -0.1) is 0 Å². The maximum absolute atomic E-state index is 12.8. The van der Waals surface area contributed by atoms with Gasteiger partial charge in [0, 0.05) is 5.69 Å². The van der Waals surface area contributed by atoms with Crippen LogP contribution >= 0.6 is 0 Å². The smallest absolute Gasteiger partial charge is 0.339 e. The number of sulfonamides is 1. The molecule has 0 saturated carbocycles. The van der Waals surface area contributed by atoms with Gasteiger partial charge in [0.15, 0.2) is 0 Å². The fourth-order valence-electron chi connectivity index (χ4n) is 3.25. The Morgan fingerprint density at radius 3 is 2.21 bits per heavy atom. The molecular formula is C25H21NO6S. The molecular weight excluding hydrogens is 442 g/mol. The first-order valence-corrected chi connectivity index (χ1v) is 11.6. The van der Waals surface area contributed by atoms with E-state index >= 15 is 0 Å². The summed E-state index contributed by atoms with van der Waals surface area (Å²) < 4.78 is 39.2. The number of nitrogens with one attached hydrogen (secondary N) is 1. The van der Waals surface area contributed by atoms with E-state index in [1.807, 2.05) is 24.3 Å². The third kappa shape index (κ3) is 5.42. The van der Waals surface area contributed by atoms with E-state index in [-0.39, 0.29) is 29.4 Å². The molecule has 0 bridgehead atoms. The number of para-hydroxylation sites is 1. The topological polar surface area (TPSA) is 102 Å². The van der Waals surface area contributed by atoms with Crippen LogP contribution in [0.1, 0.15) is 10.4 Å². The van der Waals surface area contributed by atoms with Crippen molar-refractivity contribution in [3.63, 3.8) is 0 Å². The van der Waals surface area contributed by atoms with Crippen molar-refractivity contribution in [1.29, 1.82) is 0 Å². The number of ether oxygens (including phenoxy) is 2. The Kier molecular flexibility index (Phi) is 6.46. The molecule has 8 heteroatoms. The Balaban J connectivity index is 1.34. The number of rotatable bonds is 9. The van der Waals surface area contributed by atoms with Gasteiger partial charge in [-0.05, 0) is 59.3 Å². The van der Waals surface area contributed by atoms with E-state index in [0.29, 0.717) is 11.4 Å². The zero-order chi connectivity index (χ0) is 23.3. The van der Waals surface area contributed by atoms with Crippen molar-refractivity contribution in [1.82, 2.24) is 0 Å². The maximum atomic E-state index is 12.8. The van der Waals surface area contributed by atoms with Crippen LogP contribution in [0.15, 0.2) is 95.9 Å². The first-order valence-electron chi connectivity index (χ1n) is 10.1. The average molecular weight is 464 g/mol. The highest BCUT2D eigenvalue weighted by Crippen LogP contribution is 2.23. The van der Waals surface area contributed by atoms with Crippen LogP contribution in [-0.4, -0.2) is 32.7 Å². The maximum Gasteiger partial charge on any atom is 0.339 e. The molecule has 2 N–H and O–H groups in total. The van der Waals surface area contributed by atoms with Crippen LogP contribution in [0.3, 0.4) is 0 Å². The highest BCUT2D eigenvalue weighted by molar-refractivity contribution is 7.92. The second-order valence-electron chi connectivity index (χ2n) is 7.14. The summed E-state index contributed by atoms with van der Waals surface area (Å²) in [5.41, 5.74) is 0.489. The SMILES string of the molecule is O=C(O)c1ccccc1OCCOc1ccc(NS(=O)(=O)c2ccc3ccccc3c2)cc1. The van der Waals surface area contributed by atoms with E-state index in [1.165, 1.54) is 6.07 Å². The number of carboxylic acid groups (broad SMARTS) is 1. The van der Waals surface area contributed by atoms with Gasteiger partial charge in [0.1, 0.15) is 30.3 Å². The van der Waals surface area contributed by atoms with Gasteiger partial charge in [0.2, 0.25) is 0 Å². The highest BCUT2D eigenvalue weighted by Gasteiger charge is 2.15. The van der Waals surface area contributed by atoms with Crippen molar-refractivity contribution in [2.45, 2.75) is 4.90 Å². The standard InChI is InChI=1S/C25H21NO6S/c27-25(28)23-7-3-4-8-24(23)32-16-15-31-21-12-10-20(11-13-21)26-33(29,30)22-14-9-18-5-1-2-6-19(18)17-22/h1-14,17,26H,15-16H2,(H,27,28). The summed E-state index contributed by atoms with van der Waals surface area (Å²) in [6, 6.07) is 25.4. The lowest BCUT2D eigenvalue weighted by Crippen LogP contribution is -2.13. The Morgan fingerprint density at radius 2 is 1.45 bits per heavy atom. The van der Waals surface area contributed by atoms with Crippen molar-refractivity contribution in [3.05, 3.63) is 96.6 Å². The third-order valence-corrected chi connectivity index (χ3v) is 6.24. The van der Waals surface area contributed by atoms with Crippen molar-refractivity contribution in [3.8, 4) is 11.5 Å². The molecule has 0 radical (unpaired) electrons. The number of aromatic carboxylic acids is 1. The van der Waals surface area contributed by atoms with E-state index < -0.39 is 16.0 Å². The van der Waals surface area contributed by atoms with Crippen LogP contribution < -0.4 is 14.2 Å². The predicted octanol–water partition coefficient (Wildman–Crippen LogP) is 4.80. The van der Waals surface area contributed by atoms with E-state index in [2.05, 4.69) is 4.72 Å². The van der Waals surface area contributed by atoms with Gasteiger partial charge in [-0.2, -0.15) is 0 Å². The molecule has 0 aromatic heterocycles. The fourth-order valence-corrected chi connectivity index (χ4v) is 4.34. The second-order valence-corrected chi connectivity index (χ2v) is 8.82. The van der Waals surface area contributed by atoms with Crippen molar-refractivity contribution < 1.29 is 27.8 Å². The third-order valence-electron chi connectivity index (χ3n) is 4.86. The summed E-state index contributed by atoms with van der Waals surface area (Å²) in [5, 5.41) is 11.0. The Morgan fingerprint density at radius 1 is 0.788 bits per heavy atom. The highest BCUT2D eigenvalue weighted by atomic mass is 32.2. The number of anilines is 1. The molecule has 0 fully saturated rings. The molecule has 0 atom stereocenters. The fraction of sp³-hybridized carbons (Fsp3) is 0.0800. The summed E-state index contributed by atoms with van der Waals surface area (Å²) in [7, 11) is -3.74. The van der Waals surface area contributed by atoms with Crippen LogP contribution in [-0.2, 0) is 10.0 Å². The largest absolute Gasteiger partial charge is 0.490 e. The molecule has 0 amide bonds. The summed E-state index contributed by atoms with van der Waals surface area (Å²) in [6.45, 7) is 0.344. The number of benzene rings is 4. The van der Waals surface area contributed by atoms with Gasteiger partial charge in [-0.1, -0.05) is 42.5 Å². The van der Waals surface area contributed by atoms with Crippen LogP contribution in [0.5, 0.6) is 11.5 Å². The molecule has 0 saturated heterocycles. The van der Waals surface area contributed by atoms with E-state index in [4.69, 9.17) is 14.6 Å². The zero-order valence-corrected chi connectivity index (χ0v) is 18.3. The molecule has 168 valence electrons. The second kappa shape index (κ2) is 9.62. The summed E-state index contributed by atoms with van der Waals surface area (Å²) in [5.74, 6) is -0.265. The quantitative estimate of drug-likeness (QED) is 0.346. The summed E-state index contributed by atoms with van der Waals surface area (Å²) >= 11 is 0. The molecule has 0 heterocycles. The lowest BCUT2D eigenvalue weighted by Gasteiger charge is -2.11. The Bertz CT molecular complexity index is 1380. The van der Waals surface area contributed by atoms with Crippen LogP contribution in [0.2, 0.25) is 0 Å². The van der Waals surface area contributed by atoms with Crippen molar-refractivity contribution in [2.75, 3.05) is 17.9 Å². The molecule has 0 unspecified atom stereocenters. The van der Waals surface area contributed by atoms with Crippen LogP contribution in [0.4, 0.5) is 5.69 Å². The summed E-state index contributed by atoms with van der Waals surface area (Å²) in [4.78, 5) is 11.4. The number of hydrogen-bond donors (Lipinski definition) is 2. The molecule has 33 heavy (non-hydrogen) atoms. The minimum Gasteiger partial charge on any atom is -0.490 e. The molecule has 4 aromatic carbocycles. The van der Waals surface area contributed by atoms with Gasteiger partial charge in [-0.25, -0.2) is 13.2 Å². The lowest BCUT2D eigenvalue weighted by atomic mass is 10.1. The monoisotopic (exact) mass is 463 g/mol. The molecule has 0 aliphatic heterocycles. The van der Waals surface area contributed by atoms with Gasteiger partial charge in [0.25, 0.3) is 10.0 Å². The lowest BCUT2D eigenvalue weighted by molar-refractivity contribution is 0.0691. The van der Waals surface area contributed by atoms with Crippen molar-refractivity contribution >= 4 is 32.5 Å². The zero-order valence-electron chi connectivity index (χ0n) is 17.5. The first kappa shape index (κ1) is 22.2. The number of carbonyl (C=O) groups is 1. The molecule has 7 nitrogen and oxygen atoms in total. The first-order chi connectivity index (χ1) is 15.9. The number of fused-ring (bicyclic) bond motifs is 1. The average Bonchev–Trinajstić information content (AvgIpc) is 2.82. The van der Waals surface area contributed by atoms with Gasteiger partial charge >= 0.3 is 5.97 Å². The van der Waals surface area contributed by atoms with Gasteiger partial charge in [0.05, 0.1) is 4.90 Å². The Hall–Kier alpha value is -4.04. The van der Waals surface area contributed by atoms with E-state index in [9.17, 15) is 13.2 Å². The molecule has 0 spiro atoms. The number of carboxylic acids is 1. The van der Waals surface area contributed by atoms with Crippen molar-refractivity contribution in [2.24, 2.45) is 0 Å². The minimum absolute atomic E-state index is 0.0838. The molecule has 4 rings (SSSR count). The van der Waals surface area contributed by atoms with E-state index in [0.717, 1.165) is 10.8 Å². The summed E-state index contributed by atoms with van der Waals surface area (Å²) in [6.07, 6.45) is 0. The van der Waals surface area contributed by atoms with E-state index in [1.54, 1.807) is 60.7 Å². The molecule has 0 aliphatic rings. The van der Waals surface area contributed by atoms with Gasteiger partial charge in [-0.3, -0.25) is 4.72 Å².